The summed E-state index contributed by atoms with van der Waals surface area (Å²) < 4.78 is 0. The fourth-order valence-corrected chi connectivity index (χ4v) is 2.56. The van der Waals surface area contributed by atoms with Gasteiger partial charge in [0.05, 0.1) is 0 Å². The van der Waals surface area contributed by atoms with Crippen LogP contribution in [0.15, 0.2) is 0 Å². The Labute approximate surface area is 72.0 Å². The highest BCUT2D eigenvalue weighted by molar-refractivity contribution is 9.09. The zero-order valence-electron chi connectivity index (χ0n) is 6.15. The highest BCUT2D eigenvalue weighted by Gasteiger charge is 2.21. The number of rotatable bonds is 4. The molecule has 0 saturated heterocycles. The highest BCUT2D eigenvalue weighted by Crippen LogP contribution is 2.29. The van der Waals surface area contributed by atoms with Crippen LogP contribution in [0.3, 0.4) is 0 Å². The molecule has 0 aliphatic carbocycles. The number of halogens is 1. The van der Waals surface area contributed by atoms with E-state index in [1.165, 1.54) is 12.8 Å². The van der Waals surface area contributed by atoms with E-state index < -0.39 is 0 Å². The molecule has 0 N–H and O–H groups in total. The number of hydrogen-bond donors (Lipinski definition) is 1. The Hall–Kier alpha value is 0.830. The summed E-state index contributed by atoms with van der Waals surface area (Å²) in [6.45, 7) is 4.45. The fourth-order valence-electron chi connectivity index (χ4n) is 0.705. The molecule has 0 nitrogen and oxygen atoms in total. The minimum Gasteiger partial charge on any atom is -0.179 e. The van der Waals surface area contributed by atoms with Crippen LogP contribution in [0, 0.1) is 5.41 Å². The first kappa shape index (κ1) is 9.83. The zero-order chi connectivity index (χ0) is 7.33. The summed E-state index contributed by atoms with van der Waals surface area (Å²) in [6, 6.07) is 0. The van der Waals surface area contributed by atoms with E-state index in [0.717, 1.165) is 11.1 Å². The first-order chi connectivity index (χ1) is 4.24. The van der Waals surface area contributed by atoms with E-state index >= 15 is 0 Å². The Balaban J connectivity index is 3.82. The Morgan fingerprint density at radius 3 is 1.78 bits per heavy atom. The minimum absolute atomic E-state index is 0.448. The van der Waals surface area contributed by atoms with Crippen LogP contribution in [0.1, 0.15) is 26.7 Å². The van der Waals surface area contributed by atoms with Gasteiger partial charge in [-0.3, -0.25) is 0 Å². The summed E-state index contributed by atoms with van der Waals surface area (Å²) in [7, 11) is 0. The van der Waals surface area contributed by atoms with Crippen LogP contribution in [-0.4, -0.2) is 11.1 Å². The third-order valence-corrected chi connectivity index (χ3v) is 3.98. The monoisotopic (exact) mass is 210 g/mol. The van der Waals surface area contributed by atoms with Gasteiger partial charge in [0.2, 0.25) is 0 Å². The molecule has 0 fully saturated rings. The van der Waals surface area contributed by atoms with Crippen molar-refractivity contribution in [2.45, 2.75) is 26.7 Å². The normalized spacial score (nSPS) is 12.0. The topological polar surface area (TPSA) is 0 Å². The third-order valence-electron chi connectivity index (χ3n) is 2.12. The summed E-state index contributed by atoms with van der Waals surface area (Å²) in [5.74, 6) is 0.991. The molecule has 2 heteroatoms. The lowest BCUT2D eigenvalue weighted by Gasteiger charge is -2.26. The molecule has 9 heavy (non-hydrogen) atoms. The van der Waals surface area contributed by atoms with Crippen molar-refractivity contribution in [3.8, 4) is 0 Å². The average Bonchev–Trinajstić information content (AvgIpc) is 1.95. The molecule has 0 unspecified atom stereocenters. The lowest BCUT2D eigenvalue weighted by molar-refractivity contribution is 0.360. The second-order valence-corrected chi connectivity index (χ2v) is 3.38. The fraction of sp³-hybridized carbons (Fsp3) is 1.00. The maximum absolute atomic E-state index is 4.31. The van der Waals surface area contributed by atoms with Crippen LogP contribution in [-0.2, 0) is 0 Å². The van der Waals surface area contributed by atoms with Crippen molar-refractivity contribution in [3.63, 3.8) is 0 Å². The van der Waals surface area contributed by atoms with E-state index in [1.807, 2.05) is 0 Å². The molecule has 0 rings (SSSR count). The van der Waals surface area contributed by atoms with Crippen molar-refractivity contribution in [3.05, 3.63) is 0 Å². The predicted molar refractivity (Wildman–Crippen MR) is 50.7 cm³/mol. The second kappa shape index (κ2) is 4.62. The Morgan fingerprint density at radius 1 is 1.33 bits per heavy atom. The first-order valence-corrected chi connectivity index (χ1v) is 5.17. The summed E-state index contributed by atoms with van der Waals surface area (Å²) >= 11 is 7.82. The van der Waals surface area contributed by atoms with Crippen molar-refractivity contribution in [1.29, 1.82) is 0 Å². The quantitative estimate of drug-likeness (QED) is 0.536. The molecule has 0 atom stereocenters. The molecule has 0 aromatic rings. The molecule has 0 heterocycles. The third kappa shape index (κ3) is 2.50. The molecule has 0 saturated carbocycles. The standard InChI is InChI=1S/C7H15BrS/c1-3-7(4-2,5-8)6-9/h9H,3-6H2,1-2H3. The van der Waals surface area contributed by atoms with Gasteiger partial charge >= 0.3 is 0 Å². The van der Waals surface area contributed by atoms with Crippen LogP contribution < -0.4 is 0 Å². The van der Waals surface area contributed by atoms with Crippen LogP contribution in [0.4, 0.5) is 0 Å². The molecule has 56 valence electrons. The van der Waals surface area contributed by atoms with Gasteiger partial charge in [-0.2, -0.15) is 12.6 Å². The van der Waals surface area contributed by atoms with E-state index in [1.54, 1.807) is 0 Å². The van der Waals surface area contributed by atoms with Gasteiger partial charge < -0.3 is 0 Å². The predicted octanol–water partition coefficient (Wildman–Crippen LogP) is 3.12. The molecule has 0 aromatic heterocycles. The van der Waals surface area contributed by atoms with E-state index in [-0.39, 0.29) is 0 Å². The maximum Gasteiger partial charge on any atom is 0.00955 e. The van der Waals surface area contributed by atoms with Crippen LogP contribution in [0.5, 0.6) is 0 Å². The Kier molecular flexibility index (Phi) is 5.04. The van der Waals surface area contributed by atoms with Gasteiger partial charge in [0.25, 0.3) is 0 Å². The van der Waals surface area contributed by atoms with Gasteiger partial charge in [-0.15, -0.1) is 0 Å². The maximum atomic E-state index is 4.31. The van der Waals surface area contributed by atoms with Crippen molar-refractivity contribution in [2.24, 2.45) is 5.41 Å². The summed E-state index contributed by atoms with van der Waals surface area (Å²) in [4.78, 5) is 0. The summed E-state index contributed by atoms with van der Waals surface area (Å²) in [5.41, 5.74) is 0.448. The summed E-state index contributed by atoms with van der Waals surface area (Å²) in [5, 5.41) is 1.08. The Bertz CT molecular complexity index is 51.8. The van der Waals surface area contributed by atoms with Crippen molar-refractivity contribution < 1.29 is 0 Å². The molecule has 0 bridgehead atoms. The number of hydrogen-bond acceptors (Lipinski definition) is 1. The minimum atomic E-state index is 0.448. The smallest absolute Gasteiger partial charge is 0.00955 e. The van der Waals surface area contributed by atoms with Gasteiger partial charge in [0, 0.05) is 5.33 Å². The van der Waals surface area contributed by atoms with Crippen molar-refractivity contribution in [2.75, 3.05) is 11.1 Å². The van der Waals surface area contributed by atoms with Crippen LogP contribution in [0.25, 0.3) is 0 Å². The highest BCUT2D eigenvalue weighted by atomic mass is 79.9. The molecule has 0 amide bonds. The van der Waals surface area contributed by atoms with E-state index in [4.69, 9.17) is 0 Å². The van der Waals surface area contributed by atoms with Gasteiger partial charge in [0.15, 0.2) is 0 Å². The lowest BCUT2D eigenvalue weighted by Crippen LogP contribution is -2.22. The van der Waals surface area contributed by atoms with Gasteiger partial charge in [-0.25, -0.2) is 0 Å². The average molecular weight is 211 g/mol. The van der Waals surface area contributed by atoms with E-state index in [2.05, 4.69) is 42.4 Å². The Morgan fingerprint density at radius 2 is 1.78 bits per heavy atom. The largest absolute Gasteiger partial charge is 0.179 e. The van der Waals surface area contributed by atoms with E-state index in [0.29, 0.717) is 5.41 Å². The number of thiol groups is 1. The molecule has 0 aromatic carbocycles. The number of alkyl halides is 1. The van der Waals surface area contributed by atoms with Gasteiger partial charge in [0.1, 0.15) is 0 Å². The first-order valence-electron chi connectivity index (χ1n) is 3.41. The van der Waals surface area contributed by atoms with Crippen molar-refractivity contribution >= 4 is 28.6 Å². The SMILES string of the molecule is CCC(CC)(CS)CBr. The van der Waals surface area contributed by atoms with Crippen molar-refractivity contribution in [1.82, 2.24) is 0 Å². The molecular weight excluding hydrogens is 196 g/mol. The molecule has 0 aliphatic heterocycles. The summed E-state index contributed by atoms with van der Waals surface area (Å²) in [6.07, 6.45) is 2.44. The molecule has 0 aliphatic rings. The van der Waals surface area contributed by atoms with Gasteiger partial charge in [-0.05, 0) is 24.0 Å². The zero-order valence-corrected chi connectivity index (χ0v) is 8.63. The molecular formula is C7H15BrS. The lowest BCUT2D eigenvalue weighted by atomic mass is 9.87. The van der Waals surface area contributed by atoms with Crippen LogP contribution >= 0.6 is 28.6 Å². The van der Waals surface area contributed by atoms with E-state index in [9.17, 15) is 0 Å². The van der Waals surface area contributed by atoms with Gasteiger partial charge in [-0.1, -0.05) is 29.8 Å². The molecule has 0 spiro atoms. The van der Waals surface area contributed by atoms with Crippen LogP contribution in [0.2, 0.25) is 0 Å². The molecule has 0 radical (unpaired) electrons. The second-order valence-electron chi connectivity index (χ2n) is 2.50.